The molecule has 4 aliphatic rings. The fraction of sp³-hybridized carbons (Fsp3) is 0.615. The zero-order chi connectivity index (χ0) is 27.1. The lowest BCUT2D eigenvalue weighted by molar-refractivity contribution is -0.124. The summed E-state index contributed by atoms with van der Waals surface area (Å²) in [6.07, 6.45) is 2.85. The Bertz CT molecular complexity index is 1110. The number of aromatic nitrogens is 3. The van der Waals surface area contributed by atoms with Crippen molar-refractivity contribution in [2.24, 2.45) is 22.9 Å². The number of hydrogen-bond acceptors (Lipinski definition) is 12. The van der Waals surface area contributed by atoms with E-state index in [2.05, 4.69) is 37.0 Å². The smallest absolute Gasteiger partial charge is 0.247 e. The molecule has 5 heterocycles. The Hall–Kier alpha value is -3.26. The van der Waals surface area contributed by atoms with Crippen molar-refractivity contribution >= 4 is 29.4 Å². The molecular weight excluding hydrogens is 496 g/mol. The van der Waals surface area contributed by atoms with Crippen LogP contribution in [-0.4, -0.2) is 96.5 Å². The highest BCUT2D eigenvalue weighted by Gasteiger charge is 2.50. The van der Waals surface area contributed by atoms with Crippen molar-refractivity contribution < 1.29 is 4.79 Å². The second kappa shape index (κ2) is 10.4. The van der Waals surface area contributed by atoms with E-state index in [9.17, 15) is 4.79 Å². The predicted octanol–water partition coefficient (Wildman–Crippen LogP) is -1.47. The molecule has 39 heavy (non-hydrogen) atoms. The average Bonchev–Trinajstić information content (AvgIpc) is 3.23. The van der Waals surface area contributed by atoms with Gasteiger partial charge in [0.1, 0.15) is 5.54 Å². The minimum Gasteiger partial charge on any atom is -0.340 e. The van der Waals surface area contributed by atoms with Crippen molar-refractivity contribution in [3.63, 3.8) is 0 Å². The molecule has 0 radical (unpaired) electrons. The number of carbonyl (C=O) groups is 1. The zero-order valence-electron chi connectivity index (χ0n) is 22.3. The fourth-order valence-electron chi connectivity index (χ4n) is 6.56. The molecule has 6 rings (SSSR count). The van der Waals surface area contributed by atoms with Crippen LogP contribution in [0.3, 0.4) is 0 Å². The van der Waals surface area contributed by atoms with Crippen LogP contribution in [0.15, 0.2) is 30.3 Å². The number of rotatable bonds is 4. The largest absolute Gasteiger partial charge is 0.340 e. The molecule has 4 atom stereocenters. The van der Waals surface area contributed by atoms with Gasteiger partial charge < -0.3 is 47.9 Å². The minimum atomic E-state index is -0.588. The topological polar surface area (TPSA) is 185 Å². The quantitative estimate of drug-likeness (QED) is 0.306. The van der Waals surface area contributed by atoms with Crippen molar-refractivity contribution in [1.29, 1.82) is 0 Å². The summed E-state index contributed by atoms with van der Waals surface area (Å²) < 4.78 is 0. The Morgan fingerprint density at radius 1 is 0.718 bits per heavy atom. The van der Waals surface area contributed by atoms with E-state index < -0.39 is 5.54 Å². The van der Waals surface area contributed by atoms with Crippen molar-refractivity contribution in [2.75, 3.05) is 65.5 Å². The maximum Gasteiger partial charge on any atom is 0.247 e. The summed E-state index contributed by atoms with van der Waals surface area (Å²) >= 11 is 0. The van der Waals surface area contributed by atoms with Gasteiger partial charge in [-0.1, -0.05) is 18.2 Å². The number of piperidine rings is 3. The highest BCUT2D eigenvalue weighted by atomic mass is 16.2. The molecule has 1 aromatic carbocycles. The third kappa shape index (κ3) is 5.07. The van der Waals surface area contributed by atoms with Gasteiger partial charge in [-0.3, -0.25) is 4.79 Å². The van der Waals surface area contributed by atoms with E-state index in [4.69, 9.17) is 37.9 Å². The van der Waals surface area contributed by atoms with Gasteiger partial charge in [-0.25, -0.2) is 0 Å². The van der Waals surface area contributed by atoms with E-state index in [1.807, 2.05) is 18.2 Å². The Morgan fingerprint density at radius 2 is 1.18 bits per heavy atom. The molecule has 1 spiro atoms. The third-order valence-electron chi connectivity index (χ3n) is 8.47. The van der Waals surface area contributed by atoms with Crippen LogP contribution in [0, 0.1) is 0 Å². The number of benzene rings is 1. The molecule has 13 heteroatoms. The first-order valence-electron chi connectivity index (χ1n) is 13.9. The highest BCUT2D eigenvalue weighted by Crippen LogP contribution is 2.37. The first kappa shape index (κ1) is 26.0. The molecule has 210 valence electrons. The number of carbonyl (C=O) groups excluding carboxylic acids is 1. The summed E-state index contributed by atoms with van der Waals surface area (Å²) in [4.78, 5) is 36.3. The molecule has 4 unspecified atom stereocenters. The number of nitrogens with two attached hydrogens (primary N) is 4. The fourth-order valence-corrected chi connectivity index (χ4v) is 6.56. The van der Waals surface area contributed by atoms with E-state index in [0.29, 0.717) is 76.6 Å². The molecule has 13 nitrogen and oxygen atoms in total. The van der Waals surface area contributed by atoms with Gasteiger partial charge in [0, 0.05) is 69.1 Å². The lowest BCUT2D eigenvalue weighted by atomic mass is 9.85. The Labute approximate surface area is 228 Å². The maximum absolute atomic E-state index is 13.1. The van der Waals surface area contributed by atoms with Gasteiger partial charge >= 0.3 is 0 Å². The number of hydrogen-bond donors (Lipinski definition) is 5. The highest BCUT2D eigenvalue weighted by molar-refractivity contribution is 5.93. The monoisotopic (exact) mass is 536 g/mol. The van der Waals surface area contributed by atoms with E-state index >= 15 is 0 Å². The Morgan fingerprint density at radius 3 is 1.67 bits per heavy atom. The maximum atomic E-state index is 13.1. The van der Waals surface area contributed by atoms with Crippen molar-refractivity contribution in [3.8, 4) is 0 Å². The van der Waals surface area contributed by atoms with Crippen LogP contribution >= 0.6 is 0 Å². The molecule has 9 N–H and O–H groups in total. The molecule has 0 bridgehead atoms. The standard InChI is InChI=1S/C26H40N12O/c27-17-10-18(28)13-36(12-17)24-32-23(33-25(34-24)37-14-19(29)11-20(30)15-37)35-8-6-26(7-9-35)22(39)31-16-38(26)21-4-2-1-3-5-21/h1-5,17-20H,6-16,27-30H2,(H,31,39). The summed E-state index contributed by atoms with van der Waals surface area (Å²) in [6, 6.07) is 9.93. The van der Waals surface area contributed by atoms with Crippen LogP contribution < -0.4 is 47.9 Å². The number of nitrogens with one attached hydrogen (secondary N) is 1. The normalized spacial score (nSPS) is 29.2. The molecular formula is C26H40N12O. The van der Waals surface area contributed by atoms with Crippen LogP contribution in [-0.2, 0) is 4.79 Å². The predicted molar refractivity (Wildman–Crippen MR) is 151 cm³/mol. The molecule has 0 saturated carbocycles. The van der Waals surface area contributed by atoms with Crippen LogP contribution in [0.2, 0.25) is 0 Å². The third-order valence-corrected chi connectivity index (χ3v) is 8.47. The summed E-state index contributed by atoms with van der Waals surface area (Å²) in [6.45, 7) is 4.30. The van der Waals surface area contributed by atoms with Crippen LogP contribution in [0.25, 0.3) is 0 Å². The zero-order valence-corrected chi connectivity index (χ0v) is 22.3. The Balaban J connectivity index is 1.28. The van der Waals surface area contributed by atoms with Crippen LogP contribution in [0.4, 0.5) is 23.5 Å². The molecule has 1 amide bonds. The molecule has 2 aromatic rings. The van der Waals surface area contributed by atoms with E-state index in [1.54, 1.807) is 0 Å². The number of anilines is 4. The molecule has 4 saturated heterocycles. The molecule has 4 fully saturated rings. The molecule has 0 aliphatic carbocycles. The number of amides is 1. The summed E-state index contributed by atoms with van der Waals surface area (Å²) in [5.41, 5.74) is 25.7. The van der Waals surface area contributed by atoms with Gasteiger partial charge in [-0.05, 0) is 37.8 Å². The summed E-state index contributed by atoms with van der Waals surface area (Å²) in [7, 11) is 0. The van der Waals surface area contributed by atoms with Crippen molar-refractivity contribution in [3.05, 3.63) is 30.3 Å². The first-order valence-corrected chi connectivity index (χ1v) is 13.9. The molecule has 1 aromatic heterocycles. The van der Waals surface area contributed by atoms with Crippen molar-refractivity contribution in [1.82, 2.24) is 20.3 Å². The summed E-state index contributed by atoms with van der Waals surface area (Å²) in [5, 5.41) is 3.07. The van der Waals surface area contributed by atoms with Gasteiger partial charge in [0.15, 0.2) is 0 Å². The second-order valence-electron chi connectivity index (χ2n) is 11.5. The average molecular weight is 537 g/mol. The number of nitrogens with zero attached hydrogens (tertiary/aromatic N) is 7. The SMILES string of the molecule is NC1CC(N)CN(c2nc(N3CCC4(CC3)C(=O)NCN4c3ccccc3)nc(N3CC(N)CC(N)C3)n2)C1. The Kier molecular flexibility index (Phi) is 6.91. The van der Waals surface area contributed by atoms with Crippen LogP contribution in [0.1, 0.15) is 25.7 Å². The van der Waals surface area contributed by atoms with Crippen LogP contribution in [0.5, 0.6) is 0 Å². The summed E-state index contributed by atoms with van der Waals surface area (Å²) in [5.74, 6) is 1.81. The van der Waals surface area contributed by atoms with Gasteiger partial charge in [0.2, 0.25) is 23.8 Å². The molecule has 4 aliphatic heterocycles. The van der Waals surface area contributed by atoms with E-state index in [0.717, 1.165) is 18.5 Å². The van der Waals surface area contributed by atoms with Crippen molar-refractivity contribution in [2.45, 2.75) is 55.4 Å². The van der Waals surface area contributed by atoms with E-state index in [-0.39, 0.29) is 30.1 Å². The first-order chi connectivity index (χ1) is 18.8. The lowest BCUT2D eigenvalue weighted by Gasteiger charge is -2.43. The van der Waals surface area contributed by atoms with Gasteiger partial charge in [-0.15, -0.1) is 0 Å². The van der Waals surface area contributed by atoms with Gasteiger partial charge in [0.25, 0.3) is 0 Å². The van der Waals surface area contributed by atoms with Gasteiger partial charge in [0.05, 0.1) is 6.67 Å². The lowest BCUT2D eigenvalue weighted by Crippen LogP contribution is -2.57. The minimum absolute atomic E-state index is 0.0473. The van der Waals surface area contributed by atoms with Gasteiger partial charge in [-0.2, -0.15) is 15.0 Å². The second-order valence-corrected chi connectivity index (χ2v) is 11.5. The van der Waals surface area contributed by atoms with E-state index in [1.165, 1.54) is 0 Å². The number of para-hydroxylation sites is 1.